The van der Waals surface area contributed by atoms with E-state index in [-0.39, 0.29) is 24.0 Å². The molecular weight excluding hydrogens is 460 g/mol. The number of rotatable bonds is 5. The first-order chi connectivity index (χ1) is 15.0. The van der Waals surface area contributed by atoms with Crippen molar-refractivity contribution < 1.29 is 19.1 Å². The van der Waals surface area contributed by atoms with Gasteiger partial charge in [0.1, 0.15) is 6.61 Å². The molecule has 1 aliphatic rings. The molecule has 31 heavy (non-hydrogen) atoms. The molecule has 0 aromatic heterocycles. The molecule has 0 fully saturated rings. The van der Waals surface area contributed by atoms with Gasteiger partial charge in [0, 0.05) is 21.3 Å². The highest BCUT2D eigenvalue weighted by molar-refractivity contribution is 9.10. The zero-order chi connectivity index (χ0) is 21.8. The predicted octanol–water partition coefficient (Wildman–Crippen LogP) is 4.66. The third kappa shape index (κ3) is 5.06. The van der Waals surface area contributed by atoms with Crippen LogP contribution in [0.4, 0.5) is 5.69 Å². The van der Waals surface area contributed by atoms with E-state index in [0.717, 1.165) is 4.47 Å². The van der Waals surface area contributed by atoms with Gasteiger partial charge in [0.25, 0.3) is 11.8 Å². The summed E-state index contributed by atoms with van der Waals surface area (Å²) < 4.78 is 12.6. The smallest absolute Gasteiger partial charge is 0.255 e. The third-order valence-corrected chi connectivity index (χ3v) is 5.49. The largest absolute Gasteiger partial charge is 0.486 e. The first-order valence-electron chi connectivity index (χ1n) is 9.86. The van der Waals surface area contributed by atoms with Crippen LogP contribution < -0.4 is 20.1 Å². The molecule has 158 valence electrons. The van der Waals surface area contributed by atoms with Crippen LogP contribution in [0.5, 0.6) is 11.5 Å². The van der Waals surface area contributed by atoms with Gasteiger partial charge < -0.3 is 20.1 Å². The average Bonchev–Trinajstić information content (AvgIpc) is 2.79. The fourth-order valence-corrected chi connectivity index (χ4v) is 3.44. The summed E-state index contributed by atoms with van der Waals surface area (Å²) in [6.07, 6.45) is -0.289. The Bertz CT molecular complexity index is 1080. The molecule has 7 heteroatoms. The van der Waals surface area contributed by atoms with Crippen molar-refractivity contribution in [1.82, 2.24) is 5.32 Å². The third-order valence-electron chi connectivity index (χ3n) is 4.96. The molecule has 3 aromatic carbocycles. The summed E-state index contributed by atoms with van der Waals surface area (Å²) in [4.78, 5) is 25.0. The van der Waals surface area contributed by atoms with Gasteiger partial charge in [0.15, 0.2) is 17.6 Å². The van der Waals surface area contributed by atoms with Crippen LogP contribution >= 0.6 is 15.9 Å². The van der Waals surface area contributed by atoms with E-state index in [0.29, 0.717) is 34.9 Å². The molecule has 4 rings (SSSR count). The Morgan fingerprint density at radius 2 is 1.52 bits per heavy atom. The molecule has 1 aliphatic heterocycles. The molecule has 2 unspecified atom stereocenters. The normalized spacial score (nSPS) is 15.6. The molecular formula is C24H21BrN2O4. The molecule has 2 N–H and O–H groups in total. The zero-order valence-corrected chi connectivity index (χ0v) is 18.4. The Labute approximate surface area is 188 Å². The maximum absolute atomic E-state index is 12.6. The second-order valence-corrected chi connectivity index (χ2v) is 8.13. The molecule has 3 aromatic rings. The van der Waals surface area contributed by atoms with E-state index in [1.54, 1.807) is 36.4 Å². The minimum Gasteiger partial charge on any atom is -0.486 e. The van der Waals surface area contributed by atoms with Gasteiger partial charge in [-0.25, -0.2) is 0 Å². The summed E-state index contributed by atoms with van der Waals surface area (Å²) in [5.74, 6) is 0.942. The van der Waals surface area contributed by atoms with E-state index in [4.69, 9.17) is 9.47 Å². The number of benzene rings is 3. The summed E-state index contributed by atoms with van der Waals surface area (Å²) in [5, 5.41) is 5.78. The number of amides is 2. The molecule has 0 saturated carbocycles. The minimum absolute atomic E-state index is 0.215. The first-order valence-corrected chi connectivity index (χ1v) is 10.7. The van der Waals surface area contributed by atoms with Gasteiger partial charge in [-0.2, -0.15) is 0 Å². The lowest BCUT2D eigenvalue weighted by Gasteiger charge is -2.30. The lowest BCUT2D eigenvalue weighted by atomic mass is 10.1. The summed E-state index contributed by atoms with van der Waals surface area (Å²) >= 11 is 3.35. The quantitative estimate of drug-likeness (QED) is 0.556. The maximum atomic E-state index is 12.6. The second-order valence-electron chi connectivity index (χ2n) is 7.21. The van der Waals surface area contributed by atoms with Crippen LogP contribution in [-0.4, -0.2) is 30.6 Å². The van der Waals surface area contributed by atoms with Crippen LogP contribution in [0.2, 0.25) is 0 Å². The molecule has 0 aliphatic carbocycles. The average molecular weight is 481 g/mol. The number of carbonyl (C=O) groups is 2. The van der Waals surface area contributed by atoms with Crippen molar-refractivity contribution in [3.63, 3.8) is 0 Å². The fourth-order valence-electron chi connectivity index (χ4n) is 3.17. The minimum atomic E-state index is -0.289. The Hall–Kier alpha value is -3.32. The number of ether oxygens (including phenoxy) is 2. The molecule has 2 amide bonds. The molecule has 2 atom stereocenters. The van der Waals surface area contributed by atoms with Gasteiger partial charge in [-0.15, -0.1) is 0 Å². The number of hydrogen-bond donors (Lipinski definition) is 2. The van der Waals surface area contributed by atoms with E-state index < -0.39 is 0 Å². The summed E-state index contributed by atoms with van der Waals surface area (Å²) in [7, 11) is 0. The highest BCUT2D eigenvalue weighted by Crippen LogP contribution is 2.31. The Morgan fingerprint density at radius 3 is 2.23 bits per heavy atom. The van der Waals surface area contributed by atoms with Crippen LogP contribution in [0.1, 0.15) is 27.6 Å². The van der Waals surface area contributed by atoms with Crippen LogP contribution in [0.25, 0.3) is 0 Å². The van der Waals surface area contributed by atoms with Gasteiger partial charge >= 0.3 is 0 Å². The van der Waals surface area contributed by atoms with Crippen LogP contribution in [0, 0.1) is 0 Å². The van der Waals surface area contributed by atoms with E-state index in [2.05, 4.69) is 26.6 Å². The van der Waals surface area contributed by atoms with Crippen molar-refractivity contribution in [2.45, 2.75) is 19.1 Å². The number of para-hydroxylation sites is 2. The lowest BCUT2D eigenvalue weighted by molar-refractivity contribution is 0.0606. The highest BCUT2D eigenvalue weighted by atomic mass is 79.9. The SMILES string of the molecule is CC(NC(=O)c1ccc(NC(=O)c2ccc(Br)cc2)cc1)C1COc2ccccc2O1. The van der Waals surface area contributed by atoms with Crippen LogP contribution in [0.15, 0.2) is 77.3 Å². The van der Waals surface area contributed by atoms with Crippen molar-refractivity contribution in [2.24, 2.45) is 0 Å². The number of carbonyl (C=O) groups excluding carboxylic acids is 2. The van der Waals surface area contributed by atoms with Crippen molar-refractivity contribution in [3.05, 3.63) is 88.4 Å². The number of halogens is 1. The van der Waals surface area contributed by atoms with Gasteiger partial charge in [0.05, 0.1) is 6.04 Å². The van der Waals surface area contributed by atoms with E-state index in [9.17, 15) is 9.59 Å². The van der Waals surface area contributed by atoms with Crippen LogP contribution in [0.3, 0.4) is 0 Å². The fraction of sp³-hybridized carbons (Fsp3) is 0.167. The molecule has 0 saturated heterocycles. The van der Waals surface area contributed by atoms with Crippen molar-refractivity contribution in [3.8, 4) is 11.5 Å². The zero-order valence-electron chi connectivity index (χ0n) is 16.8. The monoisotopic (exact) mass is 480 g/mol. The predicted molar refractivity (Wildman–Crippen MR) is 122 cm³/mol. The highest BCUT2D eigenvalue weighted by Gasteiger charge is 2.27. The molecule has 0 spiro atoms. The number of anilines is 1. The number of fused-ring (bicyclic) bond motifs is 1. The Kier molecular flexibility index (Phi) is 6.23. The van der Waals surface area contributed by atoms with Gasteiger partial charge in [-0.05, 0) is 67.6 Å². The standard InChI is InChI=1S/C24H21BrN2O4/c1-15(22-14-30-20-4-2-3-5-21(20)31-22)26-23(28)17-8-12-19(13-9-17)27-24(29)16-6-10-18(25)11-7-16/h2-13,15,22H,14H2,1H3,(H,26,28)(H,27,29). The van der Waals surface area contributed by atoms with Gasteiger partial charge in [-0.1, -0.05) is 28.1 Å². The van der Waals surface area contributed by atoms with E-state index in [1.165, 1.54) is 0 Å². The molecule has 6 nitrogen and oxygen atoms in total. The lowest BCUT2D eigenvalue weighted by Crippen LogP contribution is -2.48. The maximum Gasteiger partial charge on any atom is 0.255 e. The van der Waals surface area contributed by atoms with E-state index >= 15 is 0 Å². The Morgan fingerprint density at radius 1 is 0.903 bits per heavy atom. The van der Waals surface area contributed by atoms with Crippen molar-refractivity contribution in [2.75, 3.05) is 11.9 Å². The van der Waals surface area contributed by atoms with Crippen molar-refractivity contribution in [1.29, 1.82) is 0 Å². The van der Waals surface area contributed by atoms with Crippen molar-refractivity contribution >= 4 is 33.4 Å². The molecule has 1 heterocycles. The Balaban J connectivity index is 1.34. The molecule has 0 bridgehead atoms. The summed E-state index contributed by atoms with van der Waals surface area (Å²) in [5.41, 5.74) is 1.65. The van der Waals surface area contributed by atoms with Gasteiger partial charge in [-0.3, -0.25) is 9.59 Å². The van der Waals surface area contributed by atoms with Gasteiger partial charge in [0.2, 0.25) is 0 Å². The number of hydrogen-bond acceptors (Lipinski definition) is 4. The molecule has 0 radical (unpaired) electrons. The second kappa shape index (κ2) is 9.22. The van der Waals surface area contributed by atoms with Crippen LogP contribution in [-0.2, 0) is 0 Å². The summed E-state index contributed by atoms with van der Waals surface area (Å²) in [6.45, 7) is 2.24. The topological polar surface area (TPSA) is 76.7 Å². The number of nitrogens with one attached hydrogen (secondary N) is 2. The first kappa shape index (κ1) is 20.9. The van der Waals surface area contributed by atoms with E-state index in [1.807, 2.05) is 43.3 Å². The summed E-state index contributed by atoms with van der Waals surface area (Å²) in [6, 6.07) is 21.0.